The van der Waals surface area contributed by atoms with Crippen LogP contribution in [0.1, 0.15) is 35.2 Å². The SMILES string of the molecule is O=C(c1occc1-c1ccccc1)N1CCCC(c2nc(-c3cccc(F)c3)no2)C1. The Morgan fingerprint density at radius 2 is 1.90 bits per heavy atom. The number of carbonyl (C=O) groups is 1. The van der Waals surface area contributed by atoms with Crippen molar-refractivity contribution in [1.82, 2.24) is 15.0 Å². The van der Waals surface area contributed by atoms with E-state index < -0.39 is 0 Å². The highest BCUT2D eigenvalue weighted by atomic mass is 19.1. The molecule has 4 aromatic rings. The van der Waals surface area contributed by atoms with E-state index in [2.05, 4.69) is 10.1 Å². The average Bonchev–Trinajstić information content (AvgIpc) is 3.50. The zero-order valence-corrected chi connectivity index (χ0v) is 16.7. The Labute approximate surface area is 178 Å². The van der Waals surface area contributed by atoms with Crippen LogP contribution in [0.3, 0.4) is 0 Å². The number of likely N-dealkylation sites (tertiary alicyclic amines) is 1. The molecule has 5 rings (SSSR count). The first kappa shape index (κ1) is 19.2. The number of carbonyl (C=O) groups excluding carboxylic acids is 1. The van der Waals surface area contributed by atoms with Crippen molar-refractivity contribution < 1.29 is 18.1 Å². The van der Waals surface area contributed by atoms with Gasteiger partial charge in [-0.25, -0.2) is 4.39 Å². The van der Waals surface area contributed by atoms with Crippen molar-refractivity contribution in [1.29, 1.82) is 0 Å². The minimum absolute atomic E-state index is 0.0809. The Kier molecular flexibility index (Phi) is 5.08. The van der Waals surface area contributed by atoms with Gasteiger partial charge in [0.25, 0.3) is 5.91 Å². The first-order valence-electron chi connectivity index (χ1n) is 10.2. The van der Waals surface area contributed by atoms with Crippen molar-refractivity contribution in [2.75, 3.05) is 13.1 Å². The third kappa shape index (κ3) is 3.86. The second kappa shape index (κ2) is 8.18. The van der Waals surface area contributed by atoms with Crippen LogP contribution in [0.5, 0.6) is 0 Å². The molecule has 0 saturated carbocycles. The molecule has 0 spiro atoms. The molecule has 156 valence electrons. The maximum Gasteiger partial charge on any atom is 0.290 e. The number of rotatable bonds is 4. The molecule has 1 aliphatic rings. The summed E-state index contributed by atoms with van der Waals surface area (Å²) in [4.78, 5) is 19.5. The van der Waals surface area contributed by atoms with Gasteiger partial charge in [0.2, 0.25) is 11.7 Å². The fourth-order valence-electron chi connectivity index (χ4n) is 3.97. The Morgan fingerprint density at radius 1 is 1.06 bits per heavy atom. The van der Waals surface area contributed by atoms with Gasteiger partial charge in [-0.15, -0.1) is 0 Å². The number of piperidine rings is 1. The van der Waals surface area contributed by atoms with Crippen LogP contribution in [0.2, 0.25) is 0 Å². The number of aromatic nitrogens is 2. The second-order valence-corrected chi connectivity index (χ2v) is 7.59. The molecule has 6 nitrogen and oxygen atoms in total. The predicted octanol–water partition coefficient (Wildman–Crippen LogP) is 5.16. The topological polar surface area (TPSA) is 72.4 Å². The first-order valence-corrected chi connectivity index (χ1v) is 10.2. The highest BCUT2D eigenvalue weighted by molar-refractivity contribution is 5.98. The summed E-state index contributed by atoms with van der Waals surface area (Å²) < 4.78 is 24.5. The van der Waals surface area contributed by atoms with Gasteiger partial charge >= 0.3 is 0 Å². The summed E-state index contributed by atoms with van der Waals surface area (Å²) in [6.45, 7) is 1.09. The van der Waals surface area contributed by atoms with Crippen LogP contribution in [0.15, 0.2) is 75.9 Å². The molecule has 1 atom stereocenters. The Bertz CT molecular complexity index is 1200. The van der Waals surface area contributed by atoms with E-state index in [1.165, 1.54) is 12.1 Å². The number of hydrogen-bond acceptors (Lipinski definition) is 5. The molecule has 31 heavy (non-hydrogen) atoms. The van der Waals surface area contributed by atoms with Crippen molar-refractivity contribution in [3.05, 3.63) is 84.4 Å². The van der Waals surface area contributed by atoms with Crippen LogP contribution in [-0.2, 0) is 0 Å². The highest BCUT2D eigenvalue weighted by Gasteiger charge is 2.31. The second-order valence-electron chi connectivity index (χ2n) is 7.59. The number of benzene rings is 2. The van der Waals surface area contributed by atoms with E-state index in [-0.39, 0.29) is 17.6 Å². The Morgan fingerprint density at radius 3 is 2.74 bits per heavy atom. The Hall–Kier alpha value is -3.74. The molecule has 2 aromatic heterocycles. The largest absolute Gasteiger partial charge is 0.459 e. The van der Waals surface area contributed by atoms with E-state index in [9.17, 15) is 9.18 Å². The summed E-state index contributed by atoms with van der Waals surface area (Å²) in [5, 5.41) is 4.00. The molecule has 1 unspecified atom stereocenters. The summed E-state index contributed by atoms with van der Waals surface area (Å²) >= 11 is 0. The van der Waals surface area contributed by atoms with Crippen LogP contribution in [0.4, 0.5) is 4.39 Å². The zero-order chi connectivity index (χ0) is 21.2. The minimum Gasteiger partial charge on any atom is -0.459 e. The molecule has 0 N–H and O–H groups in total. The van der Waals surface area contributed by atoms with Gasteiger partial charge in [-0.05, 0) is 36.6 Å². The van der Waals surface area contributed by atoms with Crippen molar-refractivity contribution >= 4 is 5.91 Å². The lowest BCUT2D eigenvalue weighted by Gasteiger charge is -2.30. The first-order chi connectivity index (χ1) is 15.2. The molecule has 0 aliphatic carbocycles. The van der Waals surface area contributed by atoms with Gasteiger partial charge in [-0.3, -0.25) is 4.79 Å². The van der Waals surface area contributed by atoms with Crippen LogP contribution in [0, 0.1) is 5.82 Å². The molecular weight excluding hydrogens is 397 g/mol. The fraction of sp³-hybridized carbons (Fsp3) is 0.208. The van der Waals surface area contributed by atoms with E-state index in [1.807, 2.05) is 36.4 Å². The summed E-state index contributed by atoms with van der Waals surface area (Å²) in [6, 6.07) is 17.6. The van der Waals surface area contributed by atoms with Crippen LogP contribution in [-0.4, -0.2) is 34.0 Å². The maximum atomic E-state index is 13.5. The molecule has 2 aromatic carbocycles. The summed E-state index contributed by atoms with van der Waals surface area (Å²) in [7, 11) is 0. The molecule has 7 heteroatoms. The van der Waals surface area contributed by atoms with Gasteiger partial charge < -0.3 is 13.8 Å². The predicted molar refractivity (Wildman–Crippen MR) is 112 cm³/mol. The summed E-state index contributed by atoms with van der Waals surface area (Å²) in [6.07, 6.45) is 3.19. The van der Waals surface area contributed by atoms with E-state index in [4.69, 9.17) is 8.94 Å². The van der Waals surface area contributed by atoms with Crippen molar-refractivity contribution in [3.8, 4) is 22.5 Å². The molecule has 1 saturated heterocycles. The molecule has 1 fully saturated rings. The van der Waals surface area contributed by atoms with Crippen molar-refractivity contribution in [2.45, 2.75) is 18.8 Å². The van der Waals surface area contributed by atoms with E-state index in [0.29, 0.717) is 36.1 Å². The molecule has 0 radical (unpaired) electrons. The third-order valence-electron chi connectivity index (χ3n) is 5.53. The standard InChI is InChI=1S/C24H20FN3O3/c25-19-10-4-8-17(14-19)22-26-23(31-27-22)18-9-5-12-28(15-18)24(29)21-20(11-13-30-21)16-6-2-1-3-7-16/h1-4,6-8,10-11,13-14,18H,5,9,12,15H2. The van der Waals surface area contributed by atoms with Crippen molar-refractivity contribution in [2.24, 2.45) is 0 Å². The van der Waals surface area contributed by atoms with E-state index in [1.54, 1.807) is 23.3 Å². The molecule has 0 bridgehead atoms. The quantitative estimate of drug-likeness (QED) is 0.459. The van der Waals surface area contributed by atoms with Crippen LogP contribution in [0.25, 0.3) is 22.5 Å². The third-order valence-corrected chi connectivity index (χ3v) is 5.53. The zero-order valence-electron chi connectivity index (χ0n) is 16.7. The van der Waals surface area contributed by atoms with E-state index in [0.717, 1.165) is 24.0 Å². The van der Waals surface area contributed by atoms with Gasteiger partial charge in [0.1, 0.15) is 5.82 Å². The molecular formula is C24H20FN3O3. The van der Waals surface area contributed by atoms with Gasteiger partial charge in [-0.1, -0.05) is 47.6 Å². The van der Waals surface area contributed by atoms with Crippen molar-refractivity contribution in [3.63, 3.8) is 0 Å². The number of nitrogens with zero attached hydrogens (tertiary/aromatic N) is 3. The van der Waals surface area contributed by atoms with E-state index >= 15 is 0 Å². The number of halogens is 1. The average molecular weight is 417 g/mol. The normalized spacial score (nSPS) is 16.4. The van der Waals surface area contributed by atoms with Gasteiger partial charge in [0.15, 0.2) is 5.76 Å². The fourth-order valence-corrected chi connectivity index (χ4v) is 3.97. The number of hydrogen-bond donors (Lipinski definition) is 0. The smallest absolute Gasteiger partial charge is 0.290 e. The lowest BCUT2D eigenvalue weighted by atomic mass is 9.97. The van der Waals surface area contributed by atoms with Gasteiger partial charge in [-0.2, -0.15) is 4.98 Å². The lowest BCUT2D eigenvalue weighted by molar-refractivity contribution is 0.0664. The summed E-state index contributed by atoms with van der Waals surface area (Å²) in [5.74, 6) is 0.541. The van der Waals surface area contributed by atoms with Gasteiger partial charge in [0.05, 0.1) is 12.2 Å². The molecule has 3 heterocycles. The summed E-state index contributed by atoms with van der Waals surface area (Å²) in [5.41, 5.74) is 2.27. The number of amides is 1. The molecule has 1 aliphatic heterocycles. The molecule has 1 amide bonds. The lowest BCUT2D eigenvalue weighted by Crippen LogP contribution is -2.39. The maximum absolute atomic E-state index is 13.5. The highest BCUT2D eigenvalue weighted by Crippen LogP contribution is 2.31. The monoisotopic (exact) mass is 417 g/mol. The Balaban J connectivity index is 1.35. The van der Waals surface area contributed by atoms with Crippen LogP contribution < -0.4 is 0 Å². The number of furan rings is 1. The van der Waals surface area contributed by atoms with Gasteiger partial charge in [0, 0.05) is 24.2 Å². The van der Waals surface area contributed by atoms with Crippen LogP contribution >= 0.6 is 0 Å². The minimum atomic E-state index is -0.356.